The molecule has 82 valence electrons. The van der Waals surface area contributed by atoms with Gasteiger partial charge in [0.2, 0.25) is 0 Å². The van der Waals surface area contributed by atoms with Crippen LogP contribution in [0.1, 0.15) is 30.9 Å². The largest absolute Gasteiger partial charge is 0.311 e. The summed E-state index contributed by atoms with van der Waals surface area (Å²) in [5.41, 5.74) is 3.09. The third kappa shape index (κ3) is 2.61. The smallest absolute Gasteiger partial charge is 0.0204 e. The number of hydrogen-bond donors (Lipinski definition) is 1. The van der Waals surface area contributed by atoms with E-state index in [2.05, 4.69) is 53.3 Å². The number of nitrogens with one attached hydrogen (secondary N) is 1. The minimum Gasteiger partial charge on any atom is -0.311 e. The molecule has 0 aliphatic carbocycles. The highest BCUT2D eigenvalue weighted by Gasteiger charge is 2.27. The molecule has 1 atom stereocenters. The zero-order valence-electron chi connectivity index (χ0n) is 9.44. The normalized spacial score (nSPS) is 25.8. The molecule has 1 aromatic rings. The number of aryl methyl sites for hydroxylation is 1. The Morgan fingerprint density at radius 2 is 2.27 bits per heavy atom. The molecule has 1 N–H and O–H groups in total. The van der Waals surface area contributed by atoms with Gasteiger partial charge in [-0.15, -0.1) is 0 Å². The van der Waals surface area contributed by atoms with Crippen molar-refractivity contribution < 1.29 is 0 Å². The van der Waals surface area contributed by atoms with Gasteiger partial charge in [0.25, 0.3) is 0 Å². The molecule has 0 spiro atoms. The Morgan fingerprint density at radius 1 is 1.47 bits per heavy atom. The Hall–Kier alpha value is -0.340. The molecule has 0 aromatic heterocycles. The predicted molar refractivity (Wildman–Crippen MR) is 68.2 cm³/mol. The summed E-state index contributed by atoms with van der Waals surface area (Å²) in [5.74, 6) is 0. The van der Waals surface area contributed by atoms with Gasteiger partial charge in [-0.1, -0.05) is 28.1 Å². The van der Waals surface area contributed by atoms with Gasteiger partial charge in [0, 0.05) is 10.0 Å². The van der Waals surface area contributed by atoms with E-state index < -0.39 is 0 Å². The first kappa shape index (κ1) is 11.2. The first-order valence-corrected chi connectivity index (χ1v) is 6.38. The monoisotopic (exact) mass is 267 g/mol. The standard InChI is InChI=1S/C13H18BrN/c1-10-8-11(4-5-12(10)14)9-13(2)6-3-7-15-13/h4-5,8,15H,3,6-7,9H2,1-2H3. The topological polar surface area (TPSA) is 12.0 Å². The highest BCUT2D eigenvalue weighted by atomic mass is 79.9. The molecular formula is C13H18BrN. The molecule has 0 bridgehead atoms. The zero-order valence-corrected chi connectivity index (χ0v) is 11.0. The van der Waals surface area contributed by atoms with Crippen molar-refractivity contribution in [1.29, 1.82) is 0 Å². The molecule has 0 amide bonds. The van der Waals surface area contributed by atoms with Gasteiger partial charge >= 0.3 is 0 Å². The van der Waals surface area contributed by atoms with Crippen LogP contribution in [0.25, 0.3) is 0 Å². The molecule has 0 radical (unpaired) electrons. The molecule has 1 aromatic carbocycles. The Bertz CT molecular complexity index is 354. The molecule has 0 saturated carbocycles. The highest BCUT2D eigenvalue weighted by Crippen LogP contribution is 2.25. The van der Waals surface area contributed by atoms with Crippen LogP contribution in [0.15, 0.2) is 22.7 Å². The third-order valence-electron chi connectivity index (χ3n) is 3.27. The van der Waals surface area contributed by atoms with Crippen LogP contribution in [-0.2, 0) is 6.42 Å². The van der Waals surface area contributed by atoms with Gasteiger partial charge in [0.1, 0.15) is 0 Å². The van der Waals surface area contributed by atoms with E-state index >= 15 is 0 Å². The predicted octanol–water partition coefficient (Wildman–Crippen LogP) is 3.44. The maximum absolute atomic E-state index is 3.60. The second-order valence-electron chi connectivity index (χ2n) is 4.85. The minimum atomic E-state index is 0.320. The first-order valence-electron chi connectivity index (χ1n) is 5.59. The summed E-state index contributed by atoms with van der Waals surface area (Å²) in [7, 11) is 0. The van der Waals surface area contributed by atoms with Crippen molar-refractivity contribution in [3.05, 3.63) is 33.8 Å². The SMILES string of the molecule is Cc1cc(CC2(C)CCCN2)ccc1Br. The summed E-state index contributed by atoms with van der Waals surface area (Å²) < 4.78 is 1.20. The van der Waals surface area contributed by atoms with Crippen LogP contribution < -0.4 is 5.32 Å². The number of benzene rings is 1. The Balaban J connectivity index is 2.13. The number of halogens is 1. The van der Waals surface area contributed by atoms with Crippen LogP contribution >= 0.6 is 15.9 Å². The van der Waals surface area contributed by atoms with Crippen LogP contribution in [0.3, 0.4) is 0 Å². The third-order valence-corrected chi connectivity index (χ3v) is 4.16. The van der Waals surface area contributed by atoms with E-state index in [1.807, 2.05) is 0 Å². The van der Waals surface area contributed by atoms with Crippen LogP contribution in [0.5, 0.6) is 0 Å². The highest BCUT2D eigenvalue weighted by molar-refractivity contribution is 9.10. The summed E-state index contributed by atoms with van der Waals surface area (Å²) in [5, 5.41) is 3.60. The molecule has 1 fully saturated rings. The van der Waals surface area contributed by atoms with E-state index in [-0.39, 0.29) is 0 Å². The summed E-state index contributed by atoms with van der Waals surface area (Å²) in [6, 6.07) is 6.67. The second kappa shape index (κ2) is 4.26. The minimum absolute atomic E-state index is 0.320. The Morgan fingerprint density at radius 3 is 2.87 bits per heavy atom. The van der Waals surface area contributed by atoms with Gasteiger partial charge in [-0.3, -0.25) is 0 Å². The molecule has 1 nitrogen and oxygen atoms in total. The van der Waals surface area contributed by atoms with E-state index in [0.29, 0.717) is 5.54 Å². The zero-order chi connectivity index (χ0) is 10.9. The first-order chi connectivity index (χ1) is 7.09. The van der Waals surface area contributed by atoms with Crippen molar-refractivity contribution in [3.63, 3.8) is 0 Å². The molecular weight excluding hydrogens is 250 g/mol. The summed E-state index contributed by atoms with van der Waals surface area (Å²) in [6.07, 6.45) is 3.75. The molecule has 2 heteroatoms. The van der Waals surface area contributed by atoms with E-state index in [1.165, 1.54) is 35.0 Å². The Labute approximate surface area is 100 Å². The maximum atomic E-state index is 3.60. The molecule has 1 aliphatic rings. The van der Waals surface area contributed by atoms with Crippen molar-refractivity contribution >= 4 is 15.9 Å². The van der Waals surface area contributed by atoms with Gasteiger partial charge in [-0.05, 0) is 56.8 Å². The number of hydrogen-bond acceptors (Lipinski definition) is 1. The molecule has 1 unspecified atom stereocenters. The average Bonchev–Trinajstić information content (AvgIpc) is 2.59. The van der Waals surface area contributed by atoms with Crippen molar-refractivity contribution in [1.82, 2.24) is 5.32 Å². The van der Waals surface area contributed by atoms with Gasteiger partial charge in [-0.25, -0.2) is 0 Å². The number of rotatable bonds is 2. The lowest BCUT2D eigenvalue weighted by Crippen LogP contribution is -2.38. The van der Waals surface area contributed by atoms with E-state index in [4.69, 9.17) is 0 Å². The lowest BCUT2D eigenvalue weighted by atomic mass is 9.91. The van der Waals surface area contributed by atoms with Gasteiger partial charge in [-0.2, -0.15) is 0 Å². The van der Waals surface area contributed by atoms with E-state index in [1.54, 1.807) is 0 Å². The van der Waals surface area contributed by atoms with Crippen LogP contribution in [0.2, 0.25) is 0 Å². The van der Waals surface area contributed by atoms with Crippen LogP contribution in [0, 0.1) is 6.92 Å². The molecule has 1 heterocycles. The van der Waals surface area contributed by atoms with E-state index in [0.717, 1.165) is 6.42 Å². The maximum Gasteiger partial charge on any atom is 0.0204 e. The second-order valence-corrected chi connectivity index (χ2v) is 5.71. The van der Waals surface area contributed by atoms with Crippen molar-refractivity contribution in [3.8, 4) is 0 Å². The lowest BCUT2D eigenvalue weighted by molar-refractivity contribution is 0.412. The van der Waals surface area contributed by atoms with Crippen molar-refractivity contribution in [2.75, 3.05) is 6.54 Å². The van der Waals surface area contributed by atoms with Gasteiger partial charge < -0.3 is 5.32 Å². The van der Waals surface area contributed by atoms with Crippen LogP contribution in [0.4, 0.5) is 0 Å². The summed E-state index contributed by atoms with van der Waals surface area (Å²) in [4.78, 5) is 0. The fraction of sp³-hybridized carbons (Fsp3) is 0.538. The van der Waals surface area contributed by atoms with Crippen molar-refractivity contribution in [2.24, 2.45) is 0 Å². The Kier molecular flexibility index (Phi) is 3.17. The molecule has 1 saturated heterocycles. The summed E-state index contributed by atoms with van der Waals surface area (Å²) >= 11 is 3.54. The van der Waals surface area contributed by atoms with E-state index in [9.17, 15) is 0 Å². The van der Waals surface area contributed by atoms with Crippen molar-refractivity contribution in [2.45, 2.75) is 38.6 Å². The van der Waals surface area contributed by atoms with Gasteiger partial charge in [0.05, 0.1) is 0 Å². The van der Waals surface area contributed by atoms with Gasteiger partial charge in [0.15, 0.2) is 0 Å². The fourth-order valence-corrected chi connectivity index (χ4v) is 2.62. The molecule has 1 aliphatic heterocycles. The average molecular weight is 268 g/mol. The molecule has 2 rings (SSSR count). The summed E-state index contributed by atoms with van der Waals surface area (Å²) in [6.45, 7) is 5.65. The molecule has 15 heavy (non-hydrogen) atoms. The fourth-order valence-electron chi connectivity index (χ4n) is 2.38. The quantitative estimate of drug-likeness (QED) is 0.866. The lowest BCUT2D eigenvalue weighted by Gasteiger charge is -2.24. The van der Waals surface area contributed by atoms with Crippen LogP contribution in [-0.4, -0.2) is 12.1 Å².